The number of rotatable bonds is 7. The summed E-state index contributed by atoms with van der Waals surface area (Å²) in [4.78, 5) is 2.33. The number of halogens is 1. The van der Waals surface area contributed by atoms with Gasteiger partial charge in [0.1, 0.15) is 9.84 Å². The minimum atomic E-state index is -2.80. The Hall–Kier alpha value is 0.350. The van der Waals surface area contributed by atoms with E-state index < -0.39 is 9.84 Å². The third-order valence-electron chi connectivity index (χ3n) is 2.95. The van der Waals surface area contributed by atoms with Crippen LogP contribution in [-0.4, -0.2) is 63.0 Å². The second-order valence-electron chi connectivity index (χ2n) is 4.58. The molecule has 1 saturated heterocycles. The summed E-state index contributed by atoms with van der Waals surface area (Å²) in [5.41, 5.74) is 0. The van der Waals surface area contributed by atoms with Gasteiger partial charge in [0.05, 0.1) is 18.5 Å². The topological polar surface area (TPSA) is 46.6 Å². The zero-order valence-corrected chi connectivity index (χ0v) is 12.8. The average Bonchev–Trinajstić information content (AvgIpc) is 2.26. The Morgan fingerprint density at radius 3 is 2.53 bits per heavy atom. The van der Waals surface area contributed by atoms with Gasteiger partial charge in [-0.05, 0) is 25.8 Å². The number of likely N-dealkylation sites (tertiary alicyclic amines) is 1. The lowest BCUT2D eigenvalue weighted by Crippen LogP contribution is -2.38. The van der Waals surface area contributed by atoms with Crippen LogP contribution in [0.4, 0.5) is 0 Å². The highest BCUT2D eigenvalue weighted by atomic mass is 79.9. The van der Waals surface area contributed by atoms with E-state index in [0.29, 0.717) is 11.9 Å². The van der Waals surface area contributed by atoms with Crippen molar-refractivity contribution in [3.63, 3.8) is 0 Å². The largest absolute Gasteiger partial charge is 0.377 e. The van der Waals surface area contributed by atoms with Gasteiger partial charge < -0.3 is 9.64 Å². The molecule has 1 rings (SSSR count). The van der Waals surface area contributed by atoms with Crippen LogP contribution >= 0.6 is 15.9 Å². The summed E-state index contributed by atoms with van der Waals surface area (Å²) in [5.74, 6) is 0.299. The minimum absolute atomic E-state index is 0.299. The molecule has 0 bridgehead atoms. The molecule has 102 valence electrons. The summed E-state index contributed by atoms with van der Waals surface area (Å²) in [5, 5.41) is 0.890. The number of alkyl halides is 1. The van der Waals surface area contributed by atoms with Crippen molar-refractivity contribution < 1.29 is 13.2 Å². The molecule has 4 nitrogen and oxygen atoms in total. The molecule has 0 aliphatic carbocycles. The molecule has 0 amide bonds. The molecule has 6 heteroatoms. The van der Waals surface area contributed by atoms with E-state index in [9.17, 15) is 8.42 Å². The monoisotopic (exact) mass is 327 g/mol. The normalized spacial score (nSPS) is 19.6. The number of hydrogen-bond acceptors (Lipinski definition) is 4. The fourth-order valence-corrected chi connectivity index (χ4v) is 2.90. The van der Waals surface area contributed by atoms with Crippen LogP contribution in [0.25, 0.3) is 0 Å². The smallest absolute Gasteiger partial charge is 0.147 e. The first-order valence-corrected chi connectivity index (χ1v) is 9.27. The van der Waals surface area contributed by atoms with Crippen molar-refractivity contribution in [3.05, 3.63) is 0 Å². The predicted octanol–water partition coefficient (Wildman–Crippen LogP) is 1.30. The summed E-state index contributed by atoms with van der Waals surface area (Å²) < 4.78 is 27.7. The summed E-state index contributed by atoms with van der Waals surface area (Å²) >= 11 is 3.35. The van der Waals surface area contributed by atoms with E-state index in [0.717, 1.165) is 50.8 Å². The molecule has 0 aromatic rings. The zero-order chi connectivity index (χ0) is 12.7. The van der Waals surface area contributed by atoms with E-state index in [1.165, 1.54) is 6.26 Å². The Labute approximate surface area is 113 Å². The second kappa shape index (κ2) is 7.71. The Morgan fingerprint density at radius 1 is 1.35 bits per heavy atom. The molecule has 0 atom stereocenters. The second-order valence-corrected chi connectivity index (χ2v) is 7.64. The molecule has 1 fully saturated rings. The molecule has 0 radical (unpaired) electrons. The van der Waals surface area contributed by atoms with E-state index in [1.54, 1.807) is 0 Å². The van der Waals surface area contributed by atoms with Gasteiger partial charge in [0.25, 0.3) is 0 Å². The Bertz CT molecular complexity index is 300. The van der Waals surface area contributed by atoms with Gasteiger partial charge in [0, 0.05) is 24.7 Å². The molecule has 1 aliphatic heterocycles. The minimum Gasteiger partial charge on any atom is -0.377 e. The van der Waals surface area contributed by atoms with Crippen molar-refractivity contribution in [2.75, 3.05) is 43.6 Å². The first-order valence-electron chi connectivity index (χ1n) is 6.09. The first-order chi connectivity index (χ1) is 8.01. The van der Waals surface area contributed by atoms with E-state index in [4.69, 9.17) is 4.74 Å². The van der Waals surface area contributed by atoms with Gasteiger partial charge in [-0.25, -0.2) is 8.42 Å². The number of sulfone groups is 1. The van der Waals surface area contributed by atoms with Crippen LogP contribution in [0.1, 0.15) is 19.3 Å². The molecule has 0 spiro atoms. The summed E-state index contributed by atoms with van der Waals surface area (Å²) in [6.07, 6.45) is 4.55. The van der Waals surface area contributed by atoms with Crippen molar-refractivity contribution in [3.8, 4) is 0 Å². The third kappa shape index (κ3) is 7.39. The molecule has 0 saturated carbocycles. The summed E-state index contributed by atoms with van der Waals surface area (Å²) in [6.45, 7) is 3.71. The predicted molar refractivity (Wildman–Crippen MR) is 73.5 cm³/mol. The maximum Gasteiger partial charge on any atom is 0.147 e. The highest BCUT2D eigenvalue weighted by molar-refractivity contribution is 9.09. The number of nitrogens with zero attached hydrogens (tertiary/aromatic N) is 1. The number of piperidine rings is 1. The quantitative estimate of drug-likeness (QED) is 0.661. The molecular weight excluding hydrogens is 306 g/mol. The van der Waals surface area contributed by atoms with Crippen LogP contribution in [0.5, 0.6) is 0 Å². The van der Waals surface area contributed by atoms with Crippen LogP contribution in [-0.2, 0) is 14.6 Å². The zero-order valence-electron chi connectivity index (χ0n) is 10.4. The van der Waals surface area contributed by atoms with Crippen LogP contribution in [0.15, 0.2) is 0 Å². The number of hydrogen-bond donors (Lipinski definition) is 0. The lowest BCUT2D eigenvalue weighted by Gasteiger charge is -2.31. The fourth-order valence-electron chi connectivity index (χ4n) is 2.06. The van der Waals surface area contributed by atoms with Crippen LogP contribution in [0.3, 0.4) is 0 Å². The van der Waals surface area contributed by atoms with E-state index in [1.807, 2.05) is 0 Å². The van der Waals surface area contributed by atoms with Crippen molar-refractivity contribution in [1.82, 2.24) is 4.90 Å². The summed E-state index contributed by atoms with van der Waals surface area (Å²) in [7, 11) is -2.80. The van der Waals surface area contributed by atoms with Gasteiger partial charge in [0.15, 0.2) is 0 Å². The maximum absolute atomic E-state index is 11.0. The highest BCUT2D eigenvalue weighted by Crippen LogP contribution is 2.14. The van der Waals surface area contributed by atoms with Crippen molar-refractivity contribution in [1.29, 1.82) is 0 Å². The van der Waals surface area contributed by atoms with Crippen molar-refractivity contribution in [2.45, 2.75) is 25.4 Å². The van der Waals surface area contributed by atoms with Crippen LogP contribution in [0, 0.1) is 0 Å². The molecule has 0 aromatic carbocycles. The molecule has 1 aliphatic rings. The highest BCUT2D eigenvalue weighted by Gasteiger charge is 2.19. The Kier molecular flexibility index (Phi) is 6.99. The van der Waals surface area contributed by atoms with Gasteiger partial charge in [-0.2, -0.15) is 0 Å². The van der Waals surface area contributed by atoms with Gasteiger partial charge in [-0.1, -0.05) is 15.9 Å². The lowest BCUT2D eigenvalue weighted by molar-refractivity contribution is 0.0160. The average molecular weight is 328 g/mol. The molecular formula is C11H22BrNO3S. The van der Waals surface area contributed by atoms with Crippen LogP contribution < -0.4 is 0 Å². The SMILES string of the molecule is CS(=O)(=O)CCCN1CCC(OCCBr)CC1. The molecule has 0 unspecified atom stereocenters. The number of ether oxygens (including phenoxy) is 1. The Morgan fingerprint density at radius 2 is 2.00 bits per heavy atom. The standard InChI is InChI=1S/C11H22BrNO3S/c1-17(14,15)10-2-6-13-7-3-11(4-8-13)16-9-5-12/h11H,2-10H2,1H3. The Balaban J connectivity index is 2.11. The van der Waals surface area contributed by atoms with E-state index in [-0.39, 0.29) is 0 Å². The van der Waals surface area contributed by atoms with E-state index >= 15 is 0 Å². The fraction of sp³-hybridized carbons (Fsp3) is 1.00. The maximum atomic E-state index is 11.0. The van der Waals surface area contributed by atoms with E-state index in [2.05, 4.69) is 20.8 Å². The van der Waals surface area contributed by atoms with Gasteiger partial charge in [-0.3, -0.25) is 0 Å². The first kappa shape index (κ1) is 15.4. The molecule has 1 heterocycles. The van der Waals surface area contributed by atoms with Gasteiger partial charge in [-0.15, -0.1) is 0 Å². The third-order valence-corrected chi connectivity index (χ3v) is 4.31. The van der Waals surface area contributed by atoms with Crippen molar-refractivity contribution in [2.24, 2.45) is 0 Å². The summed E-state index contributed by atoms with van der Waals surface area (Å²) in [6, 6.07) is 0. The van der Waals surface area contributed by atoms with Gasteiger partial charge >= 0.3 is 0 Å². The van der Waals surface area contributed by atoms with Crippen LogP contribution in [0.2, 0.25) is 0 Å². The van der Waals surface area contributed by atoms with Gasteiger partial charge in [0.2, 0.25) is 0 Å². The molecule has 17 heavy (non-hydrogen) atoms. The molecule has 0 N–H and O–H groups in total. The van der Waals surface area contributed by atoms with Crippen molar-refractivity contribution >= 4 is 25.8 Å². The lowest BCUT2D eigenvalue weighted by atomic mass is 10.1. The molecule has 0 aromatic heterocycles.